The Morgan fingerprint density at radius 2 is 1.73 bits per heavy atom. The van der Waals surface area contributed by atoms with E-state index in [0.29, 0.717) is 0 Å². The normalized spacial score (nSPS) is 13.4. The summed E-state index contributed by atoms with van der Waals surface area (Å²) in [6.07, 6.45) is 4.00. The molecule has 1 radical (unpaired) electrons. The molecule has 2 nitrogen and oxygen atoms in total. The van der Waals surface area contributed by atoms with Crippen LogP contribution in [0.2, 0.25) is 0 Å². The van der Waals surface area contributed by atoms with E-state index < -0.39 is 0 Å². The van der Waals surface area contributed by atoms with Gasteiger partial charge in [-0.1, -0.05) is 24.3 Å². The van der Waals surface area contributed by atoms with E-state index in [1.54, 1.807) is 7.11 Å². The summed E-state index contributed by atoms with van der Waals surface area (Å²) < 4.78 is 11.5. The van der Waals surface area contributed by atoms with Crippen LogP contribution in [0.4, 0.5) is 0 Å². The maximum atomic E-state index is 6.30. The molecule has 3 heteroatoms. The molecule has 0 saturated heterocycles. The van der Waals surface area contributed by atoms with E-state index in [2.05, 4.69) is 31.4 Å². The summed E-state index contributed by atoms with van der Waals surface area (Å²) >= 11 is 1.85. The van der Waals surface area contributed by atoms with Crippen LogP contribution in [0.15, 0.2) is 48.5 Å². The first kappa shape index (κ1) is 16.8. The standard InChI is InChI=1S/C19H23O2S/c1-19(13-14-22-3,21-18-7-5-4-6-8-18)15-16-9-11-17(20-2)12-10-16/h5-12H,13-15H2,1-3H3. The maximum absolute atomic E-state index is 6.30. The molecule has 2 rings (SSSR count). The molecule has 2 aromatic carbocycles. The molecule has 0 aliphatic rings. The summed E-state index contributed by atoms with van der Waals surface area (Å²) in [5, 5.41) is 0. The second-order valence-electron chi connectivity index (χ2n) is 5.56. The van der Waals surface area contributed by atoms with Crippen molar-refractivity contribution < 1.29 is 9.47 Å². The van der Waals surface area contributed by atoms with Gasteiger partial charge in [0.2, 0.25) is 0 Å². The number of hydrogen-bond donors (Lipinski definition) is 0. The Kier molecular flexibility index (Phi) is 6.20. The first-order chi connectivity index (χ1) is 10.6. The average Bonchev–Trinajstić information content (AvgIpc) is 2.54. The lowest BCUT2D eigenvalue weighted by molar-refractivity contribution is 0.0860. The molecular formula is C19H23O2S. The zero-order valence-corrected chi connectivity index (χ0v) is 14.3. The summed E-state index contributed by atoms with van der Waals surface area (Å²) in [5.41, 5.74) is 1.03. The minimum Gasteiger partial charge on any atom is -0.497 e. The predicted octanol–water partition coefficient (Wildman–Crippen LogP) is 4.63. The van der Waals surface area contributed by atoms with Gasteiger partial charge in [0.25, 0.3) is 0 Å². The highest BCUT2D eigenvalue weighted by Gasteiger charge is 2.26. The molecule has 0 N–H and O–H groups in total. The highest BCUT2D eigenvalue weighted by Crippen LogP contribution is 2.27. The fraction of sp³-hybridized carbons (Fsp3) is 0.368. The molecule has 0 spiro atoms. The van der Waals surface area contributed by atoms with Crippen LogP contribution in [0.25, 0.3) is 0 Å². The van der Waals surface area contributed by atoms with Crippen molar-refractivity contribution in [3.8, 4) is 11.5 Å². The molecule has 0 fully saturated rings. The minimum absolute atomic E-state index is 0.223. The third kappa shape index (κ3) is 4.99. The summed E-state index contributed by atoms with van der Waals surface area (Å²) in [6.45, 7) is 2.18. The van der Waals surface area contributed by atoms with Gasteiger partial charge in [-0.2, -0.15) is 11.8 Å². The van der Waals surface area contributed by atoms with Crippen LogP contribution in [0, 0.1) is 6.07 Å². The lowest BCUT2D eigenvalue weighted by Gasteiger charge is -2.31. The summed E-state index contributed by atoms with van der Waals surface area (Å²) in [4.78, 5) is 0. The highest BCUT2D eigenvalue weighted by atomic mass is 32.2. The van der Waals surface area contributed by atoms with Crippen molar-refractivity contribution in [1.82, 2.24) is 0 Å². The lowest BCUT2D eigenvalue weighted by atomic mass is 9.93. The van der Waals surface area contributed by atoms with E-state index in [-0.39, 0.29) is 5.60 Å². The summed E-state index contributed by atoms with van der Waals surface area (Å²) in [6, 6.07) is 18.9. The van der Waals surface area contributed by atoms with Crippen LogP contribution in [-0.4, -0.2) is 24.7 Å². The fourth-order valence-electron chi connectivity index (χ4n) is 2.39. The van der Waals surface area contributed by atoms with Gasteiger partial charge in [0, 0.05) is 6.42 Å². The molecule has 2 aromatic rings. The molecule has 0 aliphatic heterocycles. The second kappa shape index (κ2) is 8.14. The van der Waals surface area contributed by atoms with E-state index >= 15 is 0 Å². The Hall–Kier alpha value is -1.61. The highest BCUT2D eigenvalue weighted by molar-refractivity contribution is 7.98. The van der Waals surface area contributed by atoms with E-state index in [0.717, 1.165) is 30.1 Å². The number of ether oxygens (including phenoxy) is 2. The van der Waals surface area contributed by atoms with Gasteiger partial charge in [-0.25, -0.2) is 0 Å². The van der Waals surface area contributed by atoms with Gasteiger partial charge < -0.3 is 9.47 Å². The van der Waals surface area contributed by atoms with Crippen LogP contribution in [0.1, 0.15) is 18.9 Å². The molecule has 0 bridgehead atoms. The van der Waals surface area contributed by atoms with E-state index in [9.17, 15) is 0 Å². The van der Waals surface area contributed by atoms with Crippen LogP contribution in [0.5, 0.6) is 11.5 Å². The van der Waals surface area contributed by atoms with Crippen LogP contribution in [-0.2, 0) is 6.42 Å². The van der Waals surface area contributed by atoms with Gasteiger partial charge in [0.1, 0.15) is 17.1 Å². The average molecular weight is 315 g/mol. The van der Waals surface area contributed by atoms with E-state index in [1.807, 2.05) is 48.2 Å². The molecule has 0 saturated carbocycles. The molecule has 1 atom stereocenters. The van der Waals surface area contributed by atoms with Crippen molar-refractivity contribution in [2.45, 2.75) is 25.4 Å². The minimum atomic E-state index is -0.223. The Labute approximate surface area is 137 Å². The van der Waals surface area contributed by atoms with Crippen molar-refractivity contribution >= 4 is 11.8 Å². The Bertz CT molecular complexity index is 553. The van der Waals surface area contributed by atoms with E-state index in [1.165, 1.54) is 5.56 Å². The molecule has 0 heterocycles. The number of thioether (sulfide) groups is 1. The van der Waals surface area contributed by atoms with Crippen LogP contribution < -0.4 is 9.47 Å². The smallest absolute Gasteiger partial charge is 0.120 e. The molecule has 0 aliphatic carbocycles. The summed E-state index contributed by atoms with van der Waals surface area (Å²) in [7, 11) is 1.69. The first-order valence-corrected chi connectivity index (χ1v) is 8.81. The number of methoxy groups -OCH3 is 1. The quantitative estimate of drug-likeness (QED) is 0.707. The maximum Gasteiger partial charge on any atom is 0.120 e. The largest absolute Gasteiger partial charge is 0.497 e. The molecule has 0 amide bonds. The van der Waals surface area contributed by atoms with Gasteiger partial charge in [-0.15, -0.1) is 0 Å². The van der Waals surface area contributed by atoms with Crippen molar-refractivity contribution in [1.29, 1.82) is 0 Å². The van der Waals surface area contributed by atoms with Gasteiger partial charge >= 0.3 is 0 Å². The fourth-order valence-corrected chi connectivity index (χ4v) is 3.03. The first-order valence-electron chi connectivity index (χ1n) is 7.42. The van der Waals surface area contributed by atoms with Gasteiger partial charge in [0.15, 0.2) is 0 Å². The molecular weight excluding hydrogens is 292 g/mol. The lowest BCUT2D eigenvalue weighted by Crippen LogP contribution is -2.35. The molecule has 0 aromatic heterocycles. The van der Waals surface area contributed by atoms with Crippen LogP contribution >= 0.6 is 11.8 Å². The zero-order valence-electron chi connectivity index (χ0n) is 13.5. The van der Waals surface area contributed by atoms with Crippen molar-refractivity contribution in [3.05, 3.63) is 60.2 Å². The van der Waals surface area contributed by atoms with Crippen molar-refractivity contribution in [3.63, 3.8) is 0 Å². The number of benzene rings is 2. The topological polar surface area (TPSA) is 18.5 Å². The van der Waals surface area contributed by atoms with E-state index in [4.69, 9.17) is 9.47 Å². The molecule has 1 unspecified atom stereocenters. The van der Waals surface area contributed by atoms with Crippen molar-refractivity contribution in [2.24, 2.45) is 0 Å². The van der Waals surface area contributed by atoms with Crippen molar-refractivity contribution in [2.75, 3.05) is 19.1 Å². The van der Waals surface area contributed by atoms with Gasteiger partial charge in [0.05, 0.1) is 7.11 Å². The third-order valence-corrected chi connectivity index (χ3v) is 4.24. The third-order valence-electron chi connectivity index (χ3n) is 3.62. The monoisotopic (exact) mass is 315 g/mol. The zero-order chi connectivity index (χ0) is 15.8. The predicted molar refractivity (Wildman–Crippen MR) is 94.0 cm³/mol. The Morgan fingerprint density at radius 3 is 2.32 bits per heavy atom. The Morgan fingerprint density at radius 1 is 1.05 bits per heavy atom. The molecule has 22 heavy (non-hydrogen) atoms. The second-order valence-corrected chi connectivity index (χ2v) is 6.54. The number of hydrogen-bond acceptors (Lipinski definition) is 3. The molecule has 117 valence electrons. The summed E-state index contributed by atoms with van der Waals surface area (Å²) in [5.74, 6) is 2.86. The number of rotatable bonds is 8. The Balaban J connectivity index is 2.12. The van der Waals surface area contributed by atoms with Crippen LogP contribution in [0.3, 0.4) is 0 Å². The SMILES string of the molecule is COc1ccc(CC(C)(CCSC)Oc2cc[c]cc2)cc1. The van der Waals surface area contributed by atoms with Gasteiger partial charge in [-0.3, -0.25) is 0 Å². The van der Waals surface area contributed by atoms with Gasteiger partial charge in [-0.05, 0) is 61.2 Å².